The molecule has 0 aliphatic heterocycles. The highest BCUT2D eigenvalue weighted by Gasteiger charge is 2.10. The van der Waals surface area contributed by atoms with E-state index in [0.717, 1.165) is 5.56 Å². The molecule has 0 radical (unpaired) electrons. The van der Waals surface area contributed by atoms with Crippen LogP contribution in [0.4, 0.5) is 4.39 Å². The van der Waals surface area contributed by atoms with Crippen LogP contribution in [0.25, 0.3) is 0 Å². The lowest BCUT2D eigenvalue weighted by Crippen LogP contribution is -2.06. The predicted molar refractivity (Wildman–Crippen MR) is 75.4 cm³/mol. The Bertz CT molecular complexity index is 586. The van der Waals surface area contributed by atoms with Crippen LogP contribution in [0.2, 0.25) is 5.02 Å². The minimum Gasteiger partial charge on any atom is -0.457 e. The Balaban J connectivity index is 2.32. The smallest absolute Gasteiger partial charge is 0.133 e. The highest BCUT2D eigenvalue weighted by molar-refractivity contribution is 6.31. The van der Waals surface area contributed by atoms with Crippen molar-refractivity contribution in [1.29, 1.82) is 0 Å². The Hall–Kier alpha value is -1.58. The summed E-state index contributed by atoms with van der Waals surface area (Å²) in [5.41, 5.74) is 6.91. The van der Waals surface area contributed by atoms with Crippen molar-refractivity contribution in [1.82, 2.24) is 0 Å². The summed E-state index contributed by atoms with van der Waals surface area (Å²) in [5.74, 6) is 0.826. The molecule has 0 aliphatic carbocycles. The zero-order valence-corrected chi connectivity index (χ0v) is 11.4. The van der Waals surface area contributed by atoms with E-state index in [9.17, 15) is 4.39 Å². The summed E-state index contributed by atoms with van der Waals surface area (Å²) in [5, 5.41) is 0.675. The van der Waals surface area contributed by atoms with Gasteiger partial charge in [-0.3, -0.25) is 0 Å². The van der Waals surface area contributed by atoms with Crippen LogP contribution in [-0.4, -0.2) is 6.54 Å². The minimum absolute atomic E-state index is 0.298. The molecule has 0 aliphatic rings. The van der Waals surface area contributed by atoms with Crippen molar-refractivity contribution in [3.05, 3.63) is 58.4 Å². The monoisotopic (exact) mass is 279 g/mol. The van der Waals surface area contributed by atoms with Crippen LogP contribution in [0.1, 0.15) is 11.1 Å². The zero-order valence-electron chi connectivity index (χ0n) is 10.6. The van der Waals surface area contributed by atoms with E-state index in [1.807, 2.05) is 13.0 Å². The van der Waals surface area contributed by atoms with Crippen LogP contribution in [0.5, 0.6) is 11.5 Å². The average Bonchev–Trinajstić information content (AvgIpc) is 2.38. The minimum atomic E-state index is -0.298. The Morgan fingerprint density at radius 3 is 2.74 bits per heavy atom. The standard InChI is InChI=1S/C15H15ClFNO/c1-10-9-11(5-6-13(10)16)19-15-4-2-3-14(17)12(15)7-8-18/h2-6,9H,7-8,18H2,1H3. The van der Waals surface area contributed by atoms with Gasteiger partial charge in [0.2, 0.25) is 0 Å². The number of hydrogen-bond donors (Lipinski definition) is 1. The molecule has 2 aromatic rings. The molecule has 100 valence electrons. The molecule has 19 heavy (non-hydrogen) atoms. The van der Waals surface area contributed by atoms with Gasteiger partial charge in [-0.1, -0.05) is 17.7 Å². The van der Waals surface area contributed by atoms with Crippen molar-refractivity contribution in [3.63, 3.8) is 0 Å². The van der Waals surface area contributed by atoms with Crippen LogP contribution >= 0.6 is 11.6 Å². The fraction of sp³-hybridized carbons (Fsp3) is 0.200. The summed E-state index contributed by atoms with van der Waals surface area (Å²) >= 11 is 5.96. The molecule has 4 heteroatoms. The average molecular weight is 280 g/mol. The second-order valence-electron chi connectivity index (χ2n) is 4.27. The van der Waals surface area contributed by atoms with E-state index in [-0.39, 0.29) is 5.82 Å². The summed E-state index contributed by atoms with van der Waals surface area (Å²) in [6, 6.07) is 10.1. The van der Waals surface area contributed by atoms with Crippen molar-refractivity contribution >= 4 is 11.6 Å². The van der Waals surface area contributed by atoms with Crippen LogP contribution < -0.4 is 10.5 Å². The summed E-state index contributed by atoms with van der Waals surface area (Å²) in [6.07, 6.45) is 0.439. The normalized spacial score (nSPS) is 10.5. The lowest BCUT2D eigenvalue weighted by molar-refractivity contribution is 0.467. The molecule has 0 atom stereocenters. The Kier molecular flexibility index (Phi) is 4.40. The molecule has 0 saturated heterocycles. The van der Waals surface area contributed by atoms with Gasteiger partial charge in [0.15, 0.2) is 0 Å². The second-order valence-corrected chi connectivity index (χ2v) is 4.68. The van der Waals surface area contributed by atoms with Gasteiger partial charge in [0.1, 0.15) is 17.3 Å². The van der Waals surface area contributed by atoms with Gasteiger partial charge < -0.3 is 10.5 Å². The third-order valence-electron chi connectivity index (χ3n) is 2.83. The maximum atomic E-state index is 13.7. The molecule has 0 aromatic heterocycles. The third kappa shape index (κ3) is 3.25. The summed E-state index contributed by atoms with van der Waals surface area (Å²) < 4.78 is 19.5. The molecular weight excluding hydrogens is 265 g/mol. The number of benzene rings is 2. The first kappa shape index (κ1) is 13.8. The molecule has 2 N–H and O–H groups in total. The number of hydrogen-bond acceptors (Lipinski definition) is 2. The van der Waals surface area contributed by atoms with Crippen molar-refractivity contribution in [3.8, 4) is 11.5 Å². The van der Waals surface area contributed by atoms with E-state index >= 15 is 0 Å². The van der Waals surface area contributed by atoms with Crippen LogP contribution in [-0.2, 0) is 6.42 Å². The van der Waals surface area contributed by atoms with Crippen LogP contribution in [0.3, 0.4) is 0 Å². The van der Waals surface area contributed by atoms with Gasteiger partial charge in [-0.15, -0.1) is 0 Å². The molecule has 2 aromatic carbocycles. The molecule has 0 heterocycles. The van der Waals surface area contributed by atoms with Gasteiger partial charge in [-0.25, -0.2) is 4.39 Å². The van der Waals surface area contributed by atoms with Gasteiger partial charge in [0.25, 0.3) is 0 Å². The number of rotatable bonds is 4. The largest absolute Gasteiger partial charge is 0.457 e. The lowest BCUT2D eigenvalue weighted by Gasteiger charge is -2.12. The van der Waals surface area contributed by atoms with Gasteiger partial charge in [0, 0.05) is 10.6 Å². The topological polar surface area (TPSA) is 35.2 Å². The van der Waals surface area contributed by atoms with Crippen LogP contribution in [0.15, 0.2) is 36.4 Å². The maximum Gasteiger partial charge on any atom is 0.133 e. The quantitative estimate of drug-likeness (QED) is 0.915. The van der Waals surface area contributed by atoms with Gasteiger partial charge >= 0.3 is 0 Å². The highest BCUT2D eigenvalue weighted by Crippen LogP contribution is 2.29. The van der Waals surface area contributed by atoms with E-state index in [4.69, 9.17) is 22.1 Å². The van der Waals surface area contributed by atoms with Gasteiger partial charge in [0.05, 0.1) is 0 Å². The van der Waals surface area contributed by atoms with Crippen molar-refractivity contribution in [2.75, 3.05) is 6.54 Å². The Morgan fingerprint density at radius 1 is 1.26 bits per heavy atom. The summed E-state index contributed by atoms with van der Waals surface area (Å²) in [4.78, 5) is 0. The van der Waals surface area contributed by atoms with E-state index in [1.54, 1.807) is 24.3 Å². The number of ether oxygens (including phenoxy) is 1. The molecule has 0 amide bonds. The highest BCUT2D eigenvalue weighted by atomic mass is 35.5. The van der Waals surface area contributed by atoms with E-state index in [2.05, 4.69) is 0 Å². The molecule has 0 unspecified atom stereocenters. The maximum absolute atomic E-state index is 13.7. The molecule has 2 nitrogen and oxygen atoms in total. The SMILES string of the molecule is Cc1cc(Oc2cccc(F)c2CCN)ccc1Cl. The fourth-order valence-electron chi connectivity index (χ4n) is 1.83. The number of nitrogens with two attached hydrogens (primary N) is 1. The van der Waals surface area contributed by atoms with E-state index < -0.39 is 0 Å². The third-order valence-corrected chi connectivity index (χ3v) is 3.25. The Labute approximate surface area is 117 Å². The zero-order chi connectivity index (χ0) is 13.8. The molecular formula is C15H15ClFNO. The lowest BCUT2D eigenvalue weighted by atomic mass is 10.1. The molecule has 0 fully saturated rings. The van der Waals surface area contributed by atoms with Crippen LogP contribution in [0, 0.1) is 12.7 Å². The number of aryl methyl sites for hydroxylation is 1. The van der Waals surface area contributed by atoms with Gasteiger partial charge in [-0.05, 0) is 55.8 Å². The summed E-state index contributed by atoms with van der Waals surface area (Å²) in [6.45, 7) is 2.26. The number of halogens is 2. The second kappa shape index (κ2) is 6.04. The van der Waals surface area contributed by atoms with Crippen molar-refractivity contribution in [2.24, 2.45) is 5.73 Å². The fourth-order valence-corrected chi connectivity index (χ4v) is 1.95. The van der Waals surface area contributed by atoms with E-state index in [1.165, 1.54) is 6.07 Å². The van der Waals surface area contributed by atoms with Crippen molar-refractivity contribution in [2.45, 2.75) is 13.3 Å². The van der Waals surface area contributed by atoms with Crippen molar-refractivity contribution < 1.29 is 9.13 Å². The van der Waals surface area contributed by atoms with Gasteiger partial charge in [-0.2, -0.15) is 0 Å². The van der Waals surface area contributed by atoms with E-state index in [0.29, 0.717) is 35.1 Å². The Morgan fingerprint density at radius 2 is 2.05 bits per heavy atom. The molecule has 0 saturated carbocycles. The first-order valence-electron chi connectivity index (χ1n) is 6.03. The summed E-state index contributed by atoms with van der Waals surface area (Å²) in [7, 11) is 0. The molecule has 0 spiro atoms. The molecule has 0 bridgehead atoms. The first-order valence-corrected chi connectivity index (χ1v) is 6.41. The molecule has 2 rings (SSSR count). The predicted octanol–water partition coefficient (Wildman–Crippen LogP) is 4.08. The first-order chi connectivity index (χ1) is 9.11.